The van der Waals surface area contributed by atoms with Crippen molar-refractivity contribution in [2.45, 2.75) is 84.9 Å². The minimum absolute atomic E-state index is 0.0385. The van der Waals surface area contributed by atoms with Gasteiger partial charge in [-0.05, 0) is 63.6 Å². The van der Waals surface area contributed by atoms with Gasteiger partial charge in [-0.1, -0.05) is 67.9 Å². The molecule has 1 unspecified atom stereocenters. The van der Waals surface area contributed by atoms with Gasteiger partial charge in [0.1, 0.15) is 11.6 Å². The van der Waals surface area contributed by atoms with E-state index < -0.39 is 17.7 Å². The van der Waals surface area contributed by atoms with Crippen molar-refractivity contribution in [3.8, 4) is 0 Å². The molecule has 0 fully saturated rings. The lowest BCUT2D eigenvalue weighted by molar-refractivity contribution is -0.124. The third kappa shape index (κ3) is 7.70. The maximum atomic E-state index is 13.2. The molecule has 0 aliphatic heterocycles. The summed E-state index contributed by atoms with van der Waals surface area (Å²) in [5.74, 6) is -0.192. The van der Waals surface area contributed by atoms with Gasteiger partial charge in [-0.3, -0.25) is 4.79 Å². The van der Waals surface area contributed by atoms with Crippen LogP contribution in [-0.4, -0.2) is 23.6 Å². The van der Waals surface area contributed by atoms with Crippen LogP contribution in [0, 0.1) is 6.92 Å². The summed E-state index contributed by atoms with van der Waals surface area (Å²) >= 11 is 0. The summed E-state index contributed by atoms with van der Waals surface area (Å²) in [6, 6.07) is 15.5. The second kappa shape index (κ2) is 11.7. The van der Waals surface area contributed by atoms with Crippen molar-refractivity contribution in [2.75, 3.05) is 0 Å². The highest BCUT2D eigenvalue weighted by atomic mass is 16.6. The smallest absolute Gasteiger partial charge is 0.408 e. The second-order valence-corrected chi connectivity index (χ2v) is 9.04. The lowest BCUT2D eigenvalue weighted by atomic mass is 9.87. The number of fused-ring (bicyclic) bond motifs is 1. The fourth-order valence-corrected chi connectivity index (χ4v) is 3.80. The molecule has 0 aromatic heterocycles. The van der Waals surface area contributed by atoms with E-state index in [4.69, 9.17) is 4.74 Å². The highest BCUT2D eigenvalue weighted by molar-refractivity contribution is 5.86. The molecule has 2 aromatic carbocycles. The quantitative estimate of drug-likeness (QED) is 0.634. The van der Waals surface area contributed by atoms with Crippen molar-refractivity contribution in [3.05, 3.63) is 70.8 Å². The van der Waals surface area contributed by atoms with Crippen molar-refractivity contribution < 1.29 is 14.3 Å². The normalized spacial score (nSPS) is 16.0. The minimum Gasteiger partial charge on any atom is -0.444 e. The zero-order valence-electron chi connectivity index (χ0n) is 20.3. The first-order valence-corrected chi connectivity index (χ1v) is 11.6. The molecule has 0 bridgehead atoms. The molecular weight excluding hydrogens is 400 g/mol. The molecule has 0 radical (unpaired) electrons. The fourth-order valence-electron chi connectivity index (χ4n) is 3.80. The fraction of sp³-hybridized carbons (Fsp3) is 0.481. The number of ether oxygens (including phenoxy) is 1. The number of rotatable bonds is 5. The Bertz CT molecular complexity index is 885. The van der Waals surface area contributed by atoms with Gasteiger partial charge in [-0.15, -0.1) is 0 Å². The Kier molecular flexibility index (Phi) is 9.30. The molecule has 1 aliphatic carbocycles. The van der Waals surface area contributed by atoms with Gasteiger partial charge in [0.25, 0.3) is 0 Å². The van der Waals surface area contributed by atoms with Gasteiger partial charge in [-0.25, -0.2) is 4.79 Å². The summed E-state index contributed by atoms with van der Waals surface area (Å²) in [4.78, 5) is 25.6. The first-order valence-electron chi connectivity index (χ1n) is 11.6. The molecule has 5 heteroatoms. The monoisotopic (exact) mass is 438 g/mol. The molecule has 2 N–H and O–H groups in total. The van der Waals surface area contributed by atoms with Crippen LogP contribution in [0.3, 0.4) is 0 Å². The van der Waals surface area contributed by atoms with Crippen molar-refractivity contribution >= 4 is 12.0 Å². The molecule has 0 heterocycles. The van der Waals surface area contributed by atoms with Gasteiger partial charge in [0.2, 0.25) is 5.91 Å². The molecule has 2 amide bonds. The van der Waals surface area contributed by atoms with Crippen LogP contribution < -0.4 is 10.6 Å². The van der Waals surface area contributed by atoms with E-state index in [2.05, 4.69) is 22.8 Å². The Morgan fingerprint density at radius 1 is 1.06 bits per heavy atom. The zero-order valence-corrected chi connectivity index (χ0v) is 20.3. The lowest BCUT2D eigenvalue weighted by Gasteiger charge is -2.29. The number of amides is 2. The number of carbonyl (C=O) groups is 2. The summed E-state index contributed by atoms with van der Waals surface area (Å²) in [7, 11) is 0. The van der Waals surface area contributed by atoms with Crippen molar-refractivity contribution in [1.29, 1.82) is 0 Å². The molecule has 32 heavy (non-hydrogen) atoms. The Hall–Kier alpha value is -2.82. The van der Waals surface area contributed by atoms with Crippen LogP contribution in [0.4, 0.5) is 4.79 Å². The summed E-state index contributed by atoms with van der Waals surface area (Å²) < 4.78 is 5.39. The largest absolute Gasteiger partial charge is 0.444 e. The molecule has 2 atom stereocenters. The Morgan fingerprint density at radius 3 is 2.38 bits per heavy atom. The van der Waals surface area contributed by atoms with Crippen LogP contribution in [-0.2, 0) is 22.4 Å². The molecule has 174 valence electrons. The molecular formula is C27H38N2O3. The molecule has 3 rings (SSSR count). The van der Waals surface area contributed by atoms with Crippen molar-refractivity contribution in [1.82, 2.24) is 10.6 Å². The van der Waals surface area contributed by atoms with Crippen LogP contribution in [0.2, 0.25) is 0 Å². The minimum atomic E-state index is -0.711. The zero-order chi connectivity index (χ0) is 23.7. The summed E-state index contributed by atoms with van der Waals surface area (Å²) in [5.41, 5.74) is 3.96. The van der Waals surface area contributed by atoms with E-state index in [0.29, 0.717) is 6.42 Å². The Labute approximate surface area is 192 Å². The van der Waals surface area contributed by atoms with Gasteiger partial charge < -0.3 is 15.4 Å². The van der Waals surface area contributed by atoms with E-state index in [1.807, 2.05) is 57.2 Å². The number of aryl methyl sites for hydroxylation is 2. The third-order valence-corrected chi connectivity index (χ3v) is 5.25. The topological polar surface area (TPSA) is 67.4 Å². The van der Waals surface area contributed by atoms with Gasteiger partial charge in [-0.2, -0.15) is 0 Å². The maximum Gasteiger partial charge on any atom is 0.408 e. The van der Waals surface area contributed by atoms with Gasteiger partial charge in [0.15, 0.2) is 0 Å². The van der Waals surface area contributed by atoms with E-state index in [0.717, 1.165) is 30.4 Å². The predicted molar refractivity (Wildman–Crippen MR) is 130 cm³/mol. The Balaban J connectivity index is 0.00000176. The summed E-state index contributed by atoms with van der Waals surface area (Å²) in [6.45, 7) is 11.4. The van der Waals surface area contributed by atoms with E-state index in [1.165, 1.54) is 11.1 Å². The van der Waals surface area contributed by atoms with E-state index in [9.17, 15) is 9.59 Å². The van der Waals surface area contributed by atoms with Crippen molar-refractivity contribution in [3.63, 3.8) is 0 Å². The van der Waals surface area contributed by atoms with Gasteiger partial charge in [0.05, 0.1) is 6.04 Å². The third-order valence-electron chi connectivity index (χ3n) is 5.25. The first kappa shape index (κ1) is 25.4. The van der Waals surface area contributed by atoms with Crippen LogP contribution in [0.25, 0.3) is 0 Å². The number of nitrogens with one attached hydrogen (secondary N) is 2. The average molecular weight is 439 g/mol. The second-order valence-electron chi connectivity index (χ2n) is 9.04. The molecule has 1 aliphatic rings. The van der Waals surface area contributed by atoms with E-state index >= 15 is 0 Å². The number of hydrogen-bond acceptors (Lipinski definition) is 3. The molecule has 0 saturated carbocycles. The number of carbonyl (C=O) groups excluding carboxylic acids is 2. The number of benzene rings is 2. The SMILES string of the molecule is CC.Cc1ccc(C[C@H](NC(=O)OC(C)(C)C)C(=O)NC2CCCc3ccccc32)cc1. The molecule has 0 spiro atoms. The van der Waals surface area contributed by atoms with Crippen LogP contribution >= 0.6 is 0 Å². The molecule has 2 aromatic rings. The summed E-state index contributed by atoms with van der Waals surface area (Å²) in [5, 5.41) is 5.94. The van der Waals surface area contributed by atoms with Crippen LogP contribution in [0.1, 0.15) is 75.8 Å². The van der Waals surface area contributed by atoms with Crippen LogP contribution in [0.15, 0.2) is 48.5 Å². The highest BCUT2D eigenvalue weighted by Crippen LogP contribution is 2.29. The maximum absolute atomic E-state index is 13.2. The Morgan fingerprint density at radius 2 is 1.72 bits per heavy atom. The van der Waals surface area contributed by atoms with Crippen molar-refractivity contribution in [2.24, 2.45) is 0 Å². The van der Waals surface area contributed by atoms with E-state index in [-0.39, 0.29) is 11.9 Å². The number of alkyl carbamates (subject to hydrolysis) is 1. The lowest BCUT2D eigenvalue weighted by Crippen LogP contribution is -2.50. The average Bonchev–Trinajstić information content (AvgIpc) is 2.75. The molecule has 0 saturated heterocycles. The summed E-state index contributed by atoms with van der Waals surface area (Å²) in [6.07, 6.45) is 2.78. The van der Waals surface area contributed by atoms with Gasteiger partial charge >= 0.3 is 6.09 Å². The van der Waals surface area contributed by atoms with Gasteiger partial charge in [0, 0.05) is 6.42 Å². The highest BCUT2D eigenvalue weighted by Gasteiger charge is 2.28. The molecule has 5 nitrogen and oxygen atoms in total. The predicted octanol–water partition coefficient (Wildman–Crippen LogP) is 5.65. The standard InChI is InChI=1S/C25H32N2O3.C2H6/c1-17-12-14-18(15-13-17)16-22(27-24(29)30-25(2,3)4)23(28)26-21-11-7-9-19-8-5-6-10-20(19)21;1-2/h5-6,8,10,12-15,21-22H,7,9,11,16H2,1-4H3,(H,26,28)(H,27,29);1-2H3/t21?,22-;/m0./s1. The first-order chi connectivity index (χ1) is 15.2. The van der Waals surface area contributed by atoms with Crippen LogP contribution in [0.5, 0.6) is 0 Å². The van der Waals surface area contributed by atoms with E-state index in [1.54, 1.807) is 20.8 Å². The number of hydrogen-bond donors (Lipinski definition) is 2.